The minimum atomic E-state index is 0.542. The molecule has 0 atom stereocenters. The predicted octanol–water partition coefficient (Wildman–Crippen LogP) is 2.73. The molecule has 0 aliphatic carbocycles. The largest absolute Gasteiger partial charge is 0.495 e. The van der Waals surface area contributed by atoms with Gasteiger partial charge in [-0.05, 0) is 18.2 Å². The fourth-order valence-electron chi connectivity index (χ4n) is 1.71. The van der Waals surface area contributed by atoms with Crippen LogP contribution < -0.4 is 21.3 Å². The zero-order valence-corrected chi connectivity index (χ0v) is 12.0. The molecule has 6 nitrogen and oxygen atoms in total. The van der Waals surface area contributed by atoms with Crippen molar-refractivity contribution in [3.8, 4) is 5.75 Å². The number of benzene rings is 1. The molecule has 0 amide bonds. The van der Waals surface area contributed by atoms with Gasteiger partial charge in [0.05, 0.1) is 12.8 Å². The van der Waals surface area contributed by atoms with Gasteiger partial charge in [-0.2, -0.15) is 0 Å². The van der Waals surface area contributed by atoms with Gasteiger partial charge in [0.15, 0.2) is 0 Å². The molecule has 0 bridgehead atoms. The van der Waals surface area contributed by atoms with Gasteiger partial charge in [0.1, 0.15) is 23.2 Å². The Kier molecular flexibility index (Phi) is 4.60. The van der Waals surface area contributed by atoms with E-state index in [1.54, 1.807) is 31.4 Å². The molecule has 4 N–H and O–H groups in total. The molecule has 106 valence electrons. The van der Waals surface area contributed by atoms with E-state index < -0.39 is 0 Å². The molecule has 0 fully saturated rings. The van der Waals surface area contributed by atoms with Crippen LogP contribution in [-0.2, 0) is 6.42 Å². The highest BCUT2D eigenvalue weighted by Gasteiger charge is 2.07. The lowest BCUT2D eigenvalue weighted by atomic mass is 10.3. The number of anilines is 3. The van der Waals surface area contributed by atoms with E-state index in [2.05, 4.69) is 20.7 Å². The number of nitrogens with zero attached hydrogens (tertiary/aromatic N) is 2. The van der Waals surface area contributed by atoms with E-state index in [0.717, 1.165) is 5.69 Å². The van der Waals surface area contributed by atoms with Crippen molar-refractivity contribution in [3.05, 3.63) is 35.1 Å². The molecule has 1 aromatic heterocycles. The zero-order valence-electron chi connectivity index (χ0n) is 11.3. The molecule has 20 heavy (non-hydrogen) atoms. The number of methoxy groups -OCH3 is 1. The van der Waals surface area contributed by atoms with E-state index >= 15 is 0 Å². The predicted molar refractivity (Wildman–Crippen MR) is 80.5 cm³/mol. The molecule has 0 unspecified atom stereocenters. The van der Waals surface area contributed by atoms with Crippen LogP contribution in [0.3, 0.4) is 0 Å². The number of hydrogen-bond donors (Lipinski definition) is 3. The van der Waals surface area contributed by atoms with Crippen LogP contribution in [0.1, 0.15) is 12.7 Å². The van der Waals surface area contributed by atoms with Crippen molar-refractivity contribution in [2.24, 2.45) is 5.84 Å². The maximum Gasteiger partial charge on any atom is 0.145 e. The highest BCUT2D eigenvalue weighted by molar-refractivity contribution is 6.31. The summed E-state index contributed by atoms with van der Waals surface area (Å²) in [5.41, 5.74) is 3.25. The fraction of sp³-hybridized carbons (Fsp3) is 0.231. The summed E-state index contributed by atoms with van der Waals surface area (Å²) in [4.78, 5) is 8.61. The summed E-state index contributed by atoms with van der Waals surface area (Å²) in [6.07, 6.45) is 0.705. The molecular formula is C13H16ClN5O. The van der Waals surface area contributed by atoms with Crippen molar-refractivity contribution in [2.75, 3.05) is 17.9 Å². The van der Waals surface area contributed by atoms with Crippen LogP contribution in [0.15, 0.2) is 24.3 Å². The van der Waals surface area contributed by atoms with Crippen LogP contribution in [0.2, 0.25) is 5.02 Å². The third kappa shape index (κ3) is 3.28. The normalized spacial score (nSPS) is 10.2. The number of nitrogens with two attached hydrogens (primary N) is 1. The molecule has 0 spiro atoms. The highest BCUT2D eigenvalue weighted by atomic mass is 35.5. The summed E-state index contributed by atoms with van der Waals surface area (Å²) < 4.78 is 5.28. The molecule has 7 heteroatoms. The highest BCUT2D eigenvalue weighted by Crippen LogP contribution is 2.30. The Balaban J connectivity index is 2.36. The van der Waals surface area contributed by atoms with Crippen LogP contribution in [0.4, 0.5) is 17.3 Å². The lowest BCUT2D eigenvalue weighted by Gasteiger charge is -2.12. The lowest BCUT2D eigenvalue weighted by molar-refractivity contribution is 0.417. The smallest absolute Gasteiger partial charge is 0.145 e. The van der Waals surface area contributed by atoms with Crippen molar-refractivity contribution < 1.29 is 4.74 Å². The standard InChI is InChI=1S/C13H16ClN5O/c1-3-11-17-12(7-13(18-11)19-15)16-9-6-8(14)4-5-10(9)20-2/h4-7H,3,15H2,1-2H3,(H2,16,17,18,19). The maximum atomic E-state index is 6.00. The van der Waals surface area contributed by atoms with Gasteiger partial charge >= 0.3 is 0 Å². The lowest BCUT2D eigenvalue weighted by Crippen LogP contribution is -2.11. The third-order valence-corrected chi connectivity index (χ3v) is 2.90. The van der Waals surface area contributed by atoms with Crippen LogP contribution in [0.5, 0.6) is 5.75 Å². The number of nitrogen functional groups attached to an aromatic ring is 1. The Bertz CT molecular complexity index is 583. The molecule has 0 radical (unpaired) electrons. The number of hydrazine groups is 1. The Morgan fingerprint density at radius 1 is 1.25 bits per heavy atom. The van der Waals surface area contributed by atoms with Gasteiger partial charge in [0.2, 0.25) is 0 Å². The van der Waals surface area contributed by atoms with Crippen LogP contribution in [0, 0.1) is 0 Å². The zero-order chi connectivity index (χ0) is 14.5. The summed E-state index contributed by atoms with van der Waals surface area (Å²) >= 11 is 6.00. The molecule has 2 aromatic rings. The van der Waals surface area contributed by atoms with E-state index in [0.29, 0.717) is 34.7 Å². The van der Waals surface area contributed by atoms with Crippen molar-refractivity contribution in [1.82, 2.24) is 9.97 Å². The molecule has 0 saturated carbocycles. The van der Waals surface area contributed by atoms with Crippen molar-refractivity contribution >= 4 is 28.9 Å². The Morgan fingerprint density at radius 2 is 2.00 bits per heavy atom. The molecule has 0 aliphatic heterocycles. The average molecular weight is 294 g/mol. The second-order valence-corrected chi connectivity index (χ2v) is 4.46. The number of aromatic nitrogens is 2. The molecule has 2 rings (SSSR count). The minimum Gasteiger partial charge on any atom is -0.495 e. The number of ether oxygens (including phenoxy) is 1. The summed E-state index contributed by atoms with van der Waals surface area (Å²) in [5.74, 6) is 7.92. The average Bonchev–Trinajstić information content (AvgIpc) is 2.47. The van der Waals surface area contributed by atoms with Gasteiger partial charge in [-0.1, -0.05) is 18.5 Å². The number of rotatable bonds is 5. The van der Waals surface area contributed by atoms with Crippen molar-refractivity contribution in [1.29, 1.82) is 0 Å². The van der Waals surface area contributed by atoms with Gasteiger partial charge < -0.3 is 15.5 Å². The van der Waals surface area contributed by atoms with Crippen LogP contribution in [-0.4, -0.2) is 17.1 Å². The number of aryl methyl sites for hydroxylation is 1. The summed E-state index contributed by atoms with van der Waals surface area (Å²) in [6, 6.07) is 7.02. The second kappa shape index (κ2) is 6.40. The monoisotopic (exact) mass is 293 g/mol. The van der Waals surface area contributed by atoms with Gasteiger partial charge in [-0.25, -0.2) is 15.8 Å². The van der Waals surface area contributed by atoms with Crippen LogP contribution in [0.25, 0.3) is 0 Å². The van der Waals surface area contributed by atoms with E-state index in [4.69, 9.17) is 22.2 Å². The summed E-state index contributed by atoms with van der Waals surface area (Å²) in [6.45, 7) is 1.97. The number of nitrogens with one attached hydrogen (secondary N) is 2. The molecule has 1 aromatic carbocycles. The maximum absolute atomic E-state index is 6.00. The first-order chi connectivity index (χ1) is 9.66. The van der Waals surface area contributed by atoms with Crippen LogP contribution >= 0.6 is 11.6 Å². The first kappa shape index (κ1) is 14.4. The van der Waals surface area contributed by atoms with Crippen molar-refractivity contribution in [2.45, 2.75) is 13.3 Å². The third-order valence-electron chi connectivity index (χ3n) is 2.66. The number of hydrogen-bond acceptors (Lipinski definition) is 6. The Morgan fingerprint density at radius 3 is 2.65 bits per heavy atom. The first-order valence-electron chi connectivity index (χ1n) is 6.11. The SMILES string of the molecule is CCc1nc(NN)cc(Nc2cc(Cl)ccc2OC)n1. The quantitative estimate of drug-likeness (QED) is 0.580. The van der Waals surface area contributed by atoms with E-state index in [1.807, 2.05) is 6.92 Å². The first-order valence-corrected chi connectivity index (χ1v) is 6.49. The topological polar surface area (TPSA) is 85.1 Å². The molecular weight excluding hydrogens is 278 g/mol. The Labute approximate surface area is 122 Å². The summed E-state index contributed by atoms with van der Waals surface area (Å²) in [7, 11) is 1.60. The van der Waals surface area contributed by atoms with Gasteiger partial charge in [0.25, 0.3) is 0 Å². The van der Waals surface area contributed by atoms with Gasteiger partial charge in [0, 0.05) is 17.5 Å². The number of halogens is 1. The molecule has 0 aliphatic rings. The van der Waals surface area contributed by atoms with E-state index in [-0.39, 0.29) is 0 Å². The fourth-order valence-corrected chi connectivity index (χ4v) is 1.88. The molecule has 1 heterocycles. The molecule has 0 saturated heterocycles. The van der Waals surface area contributed by atoms with E-state index in [9.17, 15) is 0 Å². The Hall–Kier alpha value is -2.05. The van der Waals surface area contributed by atoms with E-state index in [1.165, 1.54) is 0 Å². The van der Waals surface area contributed by atoms with Gasteiger partial charge in [-0.3, -0.25) is 0 Å². The van der Waals surface area contributed by atoms with Crippen molar-refractivity contribution in [3.63, 3.8) is 0 Å². The van der Waals surface area contributed by atoms with Gasteiger partial charge in [-0.15, -0.1) is 0 Å². The minimum absolute atomic E-state index is 0.542. The second-order valence-electron chi connectivity index (χ2n) is 4.02. The summed E-state index contributed by atoms with van der Waals surface area (Å²) in [5, 5.41) is 3.76.